The van der Waals surface area contributed by atoms with Crippen molar-refractivity contribution in [3.63, 3.8) is 0 Å². The molecule has 0 aliphatic heterocycles. The number of hydrogen-bond donors (Lipinski definition) is 0. The molecule has 0 unspecified atom stereocenters. The van der Waals surface area contributed by atoms with E-state index >= 15 is 0 Å². The number of aromatic nitrogens is 1. The van der Waals surface area contributed by atoms with E-state index in [0.29, 0.717) is 0 Å². The van der Waals surface area contributed by atoms with Gasteiger partial charge >= 0.3 is 0 Å². The standard InChI is InChI=1S/C14H12.C7H5NS/c1-3-7-13(8-4-1)11-12-14-9-5-2-6-10-14;1-2-4-7-6(3-1)8-5-9-7/h1-12H;1-5H. The van der Waals surface area contributed by atoms with Crippen LogP contribution in [0.3, 0.4) is 0 Å². The van der Waals surface area contributed by atoms with E-state index in [-0.39, 0.29) is 0 Å². The lowest BCUT2D eigenvalue weighted by Gasteiger charge is -1.92. The minimum absolute atomic E-state index is 1.10. The van der Waals surface area contributed by atoms with Crippen molar-refractivity contribution < 1.29 is 0 Å². The first-order chi connectivity index (χ1) is 11.4. The van der Waals surface area contributed by atoms with Crippen molar-refractivity contribution in [3.8, 4) is 0 Å². The lowest BCUT2D eigenvalue weighted by atomic mass is 10.1. The van der Waals surface area contributed by atoms with Crippen molar-refractivity contribution >= 4 is 33.7 Å². The van der Waals surface area contributed by atoms with Crippen LogP contribution in [0.4, 0.5) is 0 Å². The van der Waals surface area contributed by atoms with Gasteiger partial charge in [-0.05, 0) is 23.3 Å². The highest BCUT2D eigenvalue weighted by Crippen LogP contribution is 2.15. The predicted octanol–water partition coefficient (Wildman–Crippen LogP) is 6.15. The lowest BCUT2D eigenvalue weighted by Crippen LogP contribution is -1.70. The number of fused-ring (bicyclic) bond motifs is 1. The van der Waals surface area contributed by atoms with Gasteiger partial charge in [-0.15, -0.1) is 11.3 Å². The molecule has 0 saturated carbocycles. The molecule has 0 N–H and O–H groups in total. The maximum atomic E-state index is 4.14. The summed E-state index contributed by atoms with van der Waals surface area (Å²) in [6.07, 6.45) is 4.24. The van der Waals surface area contributed by atoms with E-state index in [0.717, 1.165) is 5.52 Å². The van der Waals surface area contributed by atoms with Gasteiger partial charge in [-0.1, -0.05) is 84.9 Å². The molecule has 0 bridgehead atoms. The molecular formula is C21H17NS. The van der Waals surface area contributed by atoms with Crippen LogP contribution in [0.25, 0.3) is 22.4 Å². The summed E-state index contributed by atoms with van der Waals surface area (Å²) in [6, 6.07) is 28.8. The Bertz CT molecular complexity index is 792. The third kappa shape index (κ3) is 4.63. The Labute approximate surface area is 140 Å². The minimum Gasteiger partial charge on any atom is -0.245 e. The highest BCUT2D eigenvalue weighted by molar-refractivity contribution is 7.16. The van der Waals surface area contributed by atoms with Crippen LogP contribution in [-0.4, -0.2) is 4.98 Å². The topological polar surface area (TPSA) is 12.9 Å². The van der Waals surface area contributed by atoms with Crippen molar-refractivity contribution in [2.45, 2.75) is 0 Å². The summed E-state index contributed by atoms with van der Waals surface area (Å²) in [5.74, 6) is 0. The second kappa shape index (κ2) is 8.06. The quantitative estimate of drug-likeness (QED) is 0.404. The summed E-state index contributed by atoms with van der Waals surface area (Å²) in [5.41, 5.74) is 5.43. The van der Waals surface area contributed by atoms with Gasteiger partial charge in [0.1, 0.15) is 0 Å². The average Bonchev–Trinajstić information content (AvgIpc) is 3.11. The third-order valence-electron chi connectivity index (χ3n) is 3.30. The van der Waals surface area contributed by atoms with Gasteiger partial charge in [0.2, 0.25) is 0 Å². The van der Waals surface area contributed by atoms with Crippen LogP contribution in [-0.2, 0) is 0 Å². The zero-order valence-electron chi connectivity index (χ0n) is 12.7. The van der Waals surface area contributed by atoms with E-state index in [4.69, 9.17) is 0 Å². The zero-order chi connectivity index (χ0) is 15.7. The zero-order valence-corrected chi connectivity index (χ0v) is 13.5. The van der Waals surface area contributed by atoms with Gasteiger partial charge in [0.25, 0.3) is 0 Å². The molecule has 1 nitrogen and oxygen atoms in total. The van der Waals surface area contributed by atoms with Crippen LogP contribution in [0, 0.1) is 0 Å². The summed E-state index contributed by atoms with van der Waals surface area (Å²) >= 11 is 1.68. The summed E-state index contributed by atoms with van der Waals surface area (Å²) in [4.78, 5) is 4.14. The summed E-state index contributed by atoms with van der Waals surface area (Å²) in [7, 11) is 0. The van der Waals surface area contributed by atoms with Gasteiger partial charge in [-0.25, -0.2) is 4.98 Å². The van der Waals surface area contributed by atoms with Crippen LogP contribution in [0.5, 0.6) is 0 Å². The molecule has 0 amide bonds. The van der Waals surface area contributed by atoms with E-state index < -0.39 is 0 Å². The van der Waals surface area contributed by atoms with E-state index in [1.807, 2.05) is 60.1 Å². The molecule has 0 fully saturated rings. The fraction of sp³-hybridized carbons (Fsp3) is 0. The molecule has 0 atom stereocenters. The Morgan fingerprint density at radius 2 is 1.13 bits per heavy atom. The molecule has 0 radical (unpaired) electrons. The number of rotatable bonds is 2. The Balaban J connectivity index is 0.000000149. The Morgan fingerprint density at radius 1 is 0.609 bits per heavy atom. The van der Waals surface area contributed by atoms with E-state index in [9.17, 15) is 0 Å². The first-order valence-corrected chi connectivity index (χ1v) is 8.36. The lowest BCUT2D eigenvalue weighted by molar-refractivity contribution is 1.50. The van der Waals surface area contributed by atoms with Gasteiger partial charge in [-0.2, -0.15) is 0 Å². The Kier molecular flexibility index (Phi) is 5.33. The predicted molar refractivity (Wildman–Crippen MR) is 101 cm³/mol. The molecule has 0 aliphatic carbocycles. The summed E-state index contributed by atoms with van der Waals surface area (Å²) < 4.78 is 1.26. The number of thiazole rings is 1. The van der Waals surface area contributed by atoms with Crippen LogP contribution in [0.1, 0.15) is 11.1 Å². The molecule has 0 spiro atoms. The molecule has 4 rings (SSSR count). The molecule has 4 aromatic rings. The average molecular weight is 315 g/mol. The van der Waals surface area contributed by atoms with Crippen LogP contribution < -0.4 is 0 Å². The van der Waals surface area contributed by atoms with Gasteiger partial charge in [-0.3, -0.25) is 0 Å². The Hall–Kier alpha value is -2.71. The maximum absolute atomic E-state index is 4.14. The molecule has 0 saturated heterocycles. The highest BCUT2D eigenvalue weighted by Gasteiger charge is 1.89. The van der Waals surface area contributed by atoms with Crippen molar-refractivity contribution in [1.82, 2.24) is 4.98 Å². The monoisotopic (exact) mass is 315 g/mol. The first-order valence-electron chi connectivity index (χ1n) is 7.48. The van der Waals surface area contributed by atoms with E-state index in [1.54, 1.807) is 11.3 Å². The molecule has 1 aromatic heterocycles. The van der Waals surface area contributed by atoms with Crippen LogP contribution >= 0.6 is 11.3 Å². The van der Waals surface area contributed by atoms with Crippen LogP contribution in [0.15, 0.2) is 90.4 Å². The second-order valence-corrected chi connectivity index (χ2v) is 5.86. The van der Waals surface area contributed by atoms with Gasteiger partial charge in [0.05, 0.1) is 15.7 Å². The normalized spacial score (nSPS) is 10.4. The van der Waals surface area contributed by atoms with Crippen molar-refractivity contribution in [2.75, 3.05) is 0 Å². The molecule has 2 heteroatoms. The second-order valence-electron chi connectivity index (χ2n) is 4.97. The summed E-state index contributed by atoms with van der Waals surface area (Å²) in [6.45, 7) is 0. The van der Waals surface area contributed by atoms with Crippen LogP contribution in [0.2, 0.25) is 0 Å². The van der Waals surface area contributed by atoms with Crippen molar-refractivity contribution in [2.24, 2.45) is 0 Å². The number of nitrogens with zero attached hydrogens (tertiary/aromatic N) is 1. The molecule has 23 heavy (non-hydrogen) atoms. The summed E-state index contributed by atoms with van der Waals surface area (Å²) in [5, 5.41) is 0. The highest BCUT2D eigenvalue weighted by atomic mass is 32.1. The molecule has 0 aliphatic rings. The molecule has 112 valence electrons. The number of hydrogen-bond acceptors (Lipinski definition) is 2. The van der Waals surface area contributed by atoms with Gasteiger partial charge in [0, 0.05) is 0 Å². The SMILES string of the molecule is C(=Cc1ccccc1)c1ccccc1.c1ccc2scnc2c1. The largest absolute Gasteiger partial charge is 0.245 e. The van der Waals surface area contributed by atoms with Gasteiger partial charge in [0.15, 0.2) is 0 Å². The maximum Gasteiger partial charge on any atom is 0.0812 e. The third-order valence-corrected chi connectivity index (χ3v) is 4.11. The number of benzene rings is 3. The molecular weight excluding hydrogens is 298 g/mol. The first kappa shape index (κ1) is 15.2. The van der Waals surface area contributed by atoms with E-state index in [2.05, 4.69) is 47.5 Å². The smallest absolute Gasteiger partial charge is 0.0812 e. The fourth-order valence-corrected chi connectivity index (χ4v) is 2.80. The fourth-order valence-electron chi connectivity index (χ4n) is 2.12. The minimum atomic E-state index is 1.10. The van der Waals surface area contributed by atoms with E-state index in [1.165, 1.54) is 15.8 Å². The molecule has 1 heterocycles. The Morgan fingerprint density at radius 3 is 1.70 bits per heavy atom. The van der Waals surface area contributed by atoms with Gasteiger partial charge < -0.3 is 0 Å². The van der Waals surface area contributed by atoms with Crippen molar-refractivity contribution in [3.05, 3.63) is 102 Å². The van der Waals surface area contributed by atoms with Crippen molar-refractivity contribution in [1.29, 1.82) is 0 Å². The molecule has 3 aromatic carbocycles. The number of para-hydroxylation sites is 1.